The first-order valence-corrected chi connectivity index (χ1v) is 8.86. The van der Waals surface area contributed by atoms with E-state index in [4.69, 9.17) is 9.47 Å². The Morgan fingerprint density at radius 1 is 1.00 bits per heavy atom. The van der Waals surface area contributed by atoms with Crippen molar-refractivity contribution < 1.29 is 14.3 Å². The molecular formula is C20H23BrO3. The summed E-state index contributed by atoms with van der Waals surface area (Å²) in [6, 6.07) is 11.3. The van der Waals surface area contributed by atoms with E-state index in [2.05, 4.69) is 29.8 Å². The van der Waals surface area contributed by atoms with Crippen LogP contribution in [0.3, 0.4) is 0 Å². The van der Waals surface area contributed by atoms with Crippen LogP contribution in [-0.4, -0.2) is 12.1 Å². The lowest BCUT2D eigenvalue weighted by Crippen LogP contribution is -2.14. The summed E-state index contributed by atoms with van der Waals surface area (Å²) >= 11 is 3.40. The van der Waals surface area contributed by atoms with E-state index in [0.29, 0.717) is 17.1 Å². The molecule has 2 aromatic rings. The van der Waals surface area contributed by atoms with Crippen molar-refractivity contribution >= 4 is 21.9 Å². The fourth-order valence-corrected chi connectivity index (χ4v) is 2.74. The standard InChI is InChI=1S/C20H23BrO3/c1-12(2)16-8-6-14(5)10-19(16)24-20(22)17-11-15(21)7-9-18(17)23-13(3)4/h6-13H,1-5H3. The highest BCUT2D eigenvalue weighted by atomic mass is 79.9. The Kier molecular flexibility index (Phi) is 6.05. The molecule has 0 atom stereocenters. The van der Waals surface area contributed by atoms with Crippen molar-refractivity contribution in [3.63, 3.8) is 0 Å². The van der Waals surface area contributed by atoms with Crippen LogP contribution >= 0.6 is 15.9 Å². The molecule has 0 heterocycles. The molecular weight excluding hydrogens is 368 g/mol. The number of carbonyl (C=O) groups excluding carboxylic acids is 1. The number of ether oxygens (including phenoxy) is 2. The predicted molar refractivity (Wildman–Crippen MR) is 100 cm³/mol. The van der Waals surface area contributed by atoms with Crippen LogP contribution in [0.1, 0.15) is 55.1 Å². The highest BCUT2D eigenvalue weighted by molar-refractivity contribution is 9.10. The van der Waals surface area contributed by atoms with E-state index in [-0.39, 0.29) is 12.0 Å². The van der Waals surface area contributed by atoms with Crippen molar-refractivity contribution in [1.29, 1.82) is 0 Å². The zero-order chi connectivity index (χ0) is 17.9. The maximum Gasteiger partial charge on any atom is 0.347 e. The lowest BCUT2D eigenvalue weighted by atomic mass is 10.0. The van der Waals surface area contributed by atoms with E-state index in [1.807, 2.05) is 45.0 Å². The molecule has 0 fully saturated rings. The van der Waals surface area contributed by atoms with Gasteiger partial charge in [-0.3, -0.25) is 0 Å². The summed E-state index contributed by atoms with van der Waals surface area (Å²) in [7, 11) is 0. The smallest absolute Gasteiger partial charge is 0.347 e. The zero-order valence-electron chi connectivity index (χ0n) is 14.7. The molecule has 2 aromatic carbocycles. The maximum atomic E-state index is 12.7. The number of rotatable bonds is 5. The molecule has 4 heteroatoms. The molecule has 0 saturated carbocycles. The third kappa shape index (κ3) is 4.60. The minimum absolute atomic E-state index is 0.0251. The lowest BCUT2D eigenvalue weighted by Gasteiger charge is -2.16. The Morgan fingerprint density at radius 3 is 2.33 bits per heavy atom. The third-order valence-corrected chi connectivity index (χ3v) is 4.01. The summed E-state index contributed by atoms with van der Waals surface area (Å²) in [5, 5.41) is 0. The monoisotopic (exact) mass is 390 g/mol. The van der Waals surface area contributed by atoms with Gasteiger partial charge in [0.15, 0.2) is 0 Å². The lowest BCUT2D eigenvalue weighted by molar-refractivity contribution is 0.0726. The Morgan fingerprint density at radius 2 is 1.71 bits per heavy atom. The highest BCUT2D eigenvalue weighted by Gasteiger charge is 2.19. The maximum absolute atomic E-state index is 12.7. The minimum atomic E-state index is -0.417. The summed E-state index contributed by atoms with van der Waals surface area (Å²) in [6.07, 6.45) is -0.0251. The number of aryl methyl sites for hydroxylation is 1. The molecule has 128 valence electrons. The van der Waals surface area contributed by atoms with Gasteiger partial charge in [-0.05, 0) is 62.1 Å². The average molecular weight is 391 g/mol. The Bertz CT molecular complexity index is 736. The number of benzene rings is 2. The van der Waals surface area contributed by atoms with Crippen LogP contribution in [0.2, 0.25) is 0 Å². The Labute approximate surface area is 152 Å². The van der Waals surface area contributed by atoms with Crippen LogP contribution in [0, 0.1) is 6.92 Å². The van der Waals surface area contributed by atoms with Gasteiger partial charge in [-0.15, -0.1) is 0 Å². The third-order valence-electron chi connectivity index (χ3n) is 3.52. The fraction of sp³-hybridized carbons (Fsp3) is 0.350. The molecule has 24 heavy (non-hydrogen) atoms. The summed E-state index contributed by atoms with van der Waals surface area (Å²) in [5.74, 6) is 0.976. The van der Waals surface area contributed by atoms with Crippen molar-refractivity contribution in [3.8, 4) is 11.5 Å². The molecule has 3 nitrogen and oxygen atoms in total. The van der Waals surface area contributed by atoms with Crippen LogP contribution in [-0.2, 0) is 0 Å². The van der Waals surface area contributed by atoms with E-state index < -0.39 is 5.97 Å². The first-order valence-electron chi connectivity index (χ1n) is 8.07. The van der Waals surface area contributed by atoms with Gasteiger partial charge in [0.2, 0.25) is 0 Å². The van der Waals surface area contributed by atoms with Crippen LogP contribution in [0.5, 0.6) is 11.5 Å². The quantitative estimate of drug-likeness (QED) is 0.471. The average Bonchev–Trinajstić information content (AvgIpc) is 2.48. The largest absolute Gasteiger partial charge is 0.490 e. The molecule has 0 aliphatic heterocycles. The van der Waals surface area contributed by atoms with Crippen LogP contribution in [0.15, 0.2) is 40.9 Å². The van der Waals surface area contributed by atoms with E-state index in [1.165, 1.54) is 0 Å². The SMILES string of the molecule is Cc1ccc(C(C)C)c(OC(=O)c2cc(Br)ccc2OC(C)C)c1. The van der Waals surface area contributed by atoms with Gasteiger partial charge in [0.05, 0.1) is 6.10 Å². The van der Waals surface area contributed by atoms with E-state index in [1.54, 1.807) is 12.1 Å². The Hall–Kier alpha value is -1.81. The summed E-state index contributed by atoms with van der Waals surface area (Å²) < 4.78 is 12.3. The number of carbonyl (C=O) groups is 1. The van der Waals surface area contributed by atoms with E-state index >= 15 is 0 Å². The van der Waals surface area contributed by atoms with Gasteiger partial charge in [0.25, 0.3) is 0 Å². The molecule has 0 spiro atoms. The molecule has 0 amide bonds. The molecule has 0 unspecified atom stereocenters. The van der Waals surface area contributed by atoms with Crippen molar-refractivity contribution in [2.75, 3.05) is 0 Å². The number of hydrogen-bond donors (Lipinski definition) is 0. The minimum Gasteiger partial charge on any atom is -0.490 e. The second-order valence-electron chi connectivity index (χ2n) is 6.39. The van der Waals surface area contributed by atoms with Crippen molar-refractivity contribution in [2.24, 2.45) is 0 Å². The molecule has 2 rings (SSSR count). The number of hydrogen-bond acceptors (Lipinski definition) is 3. The van der Waals surface area contributed by atoms with Gasteiger partial charge in [0, 0.05) is 4.47 Å². The molecule has 0 N–H and O–H groups in total. The second-order valence-corrected chi connectivity index (χ2v) is 7.31. The Balaban J connectivity index is 2.37. The summed E-state index contributed by atoms with van der Waals surface area (Å²) in [6.45, 7) is 9.99. The zero-order valence-corrected chi connectivity index (χ0v) is 16.3. The number of esters is 1. The van der Waals surface area contributed by atoms with Crippen molar-refractivity contribution in [3.05, 3.63) is 57.6 Å². The molecule has 0 saturated heterocycles. The topological polar surface area (TPSA) is 35.5 Å². The number of halogens is 1. The van der Waals surface area contributed by atoms with Crippen molar-refractivity contribution in [2.45, 2.75) is 46.6 Å². The molecule has 0 radical (unpaired) electrons. The highest BCUT2D eigenvalue weighted by Crippen LogP contribution is 2.30. The fourth-order valence-electron chi connectivity index (χ4n) is 2.38. The first kappa shape index (κ1) is 18.5. The second kappa shape index (κ2) is 7.84. The van der Waals surface area contributed by atoms with Crippen LogP contribution < -0.4 is 9.47 Å². The first-order chi connectivity index (χ1) is 11.3. The van der Waals surface area contributed by atoms with Crippen molar-refractivity contribution in [1.82, 2.24) is 0 Å². The summed E-state index contributed by atoms with van der Waals surface area (Å²) in [4.78, 5) is 12.7. The molecule has 0 bridgehead atoms. The van der Waals surface area contributed by atoms with Gasteiger partial charge in [-0.25, -0.2) is 4.79 Å². The van der Waals surface area contributed by atoms with E-state index in [0.717, 1.165) is 15.6 Å². The van der Waals surface area contributed by atoms with Gasteiger partial charge >= 0.3 is 5.97 Å². The molecule has 0 aromatic heterocycles. The van der Waals surface area contributed by atoms with E-state index in [9.17, 15) is 4.79 Å². The van der Waals surface area contributed by atoms with Crippen LogP contribution in [0.4, 0.5) is 0 Å². The van der Waals surface area contributed by atoms with Crippen LogP contribution in [0.25, 0.3) is 0 Å². The van der Waals surface area contributed by atoms with Gasteiger partial charge in [-0.1, -0.05) is 41.9 Å². The molecule has 0 aliphatic carbocycles. The van der Waals surface area contributed by atoms with Gasteiger partial charge < -0.3 is 9.47 Å². The summed E-state index contributed by atoms with van der Waals surface area (Å²) in [5.41, 5.74) is 2.47. The molecule has 0 aliphatic rings. The van der Waals surface area contributed by atoms with Gasteiger partial charge in [-0.2, -0.15) is 0 Å². The predicted octanol–water partition coefficient (Wildman–Crippen LogP) is 5.89. The van der Waals surface area contributed by atoms with Gasteiger partial charge in [0.1, 0.15) is 17.1 Å². The normalized spacial score (nSPS) is 11.0.